The molecule has 8 nitrogen and oxygen atoms in total. The maximum atomic E-state index is 14.4. The number of sulfonamides is 1. The van der Waals surface area contributed by atoms with Crippen LogP contribution in [0, 0.1) is 5.82 Å². The molecule has 1 N–H and O–H groups in total. The predicted molar refractivity (Wildman–Crippen MR) is 173 cm³/mol. The van der Waals surface area contributed by atoms with E-state index in [0.29, 0.717) is 17.9 Å². The molecule has 0 unspecified atom stereocenters. The molecule has 4 aromatic carbocycles. The molecule has 0 spiro atoms. The van der Waals surface area contributed by atoms with Gasteiger partial charge in [0.1, 0.15) is 24.2 Å². The van der Waals surface area contributed by atoms with Crippen LogP contribution in [0.4, 0.5) is 10.1 Å². The Morgan fingerprint density at radius 3 is 2.18 bits per heavy atom. The number of carbonyl (C=O) groups is 2. The number of carbonyl (C=O) groups excluding carboxylic acids is 2. The van der Waals surface area contributed by atoms with Crippen LogP contribution in [-0.4, -0.2) is 51.4 Å². The molecule has 10 heteroatoms. The van der Waals surface area contributed by atoms with Crippen LogP contribution in [0.25, 0.3) is 0 Å². The van der Waals surface area contributed by atoms with Crippen LogP contribution < -0.4 is 14.4 Å². The van der Waals surface area contributed by atoms with Gasteiger partial charge in [-0.1, -0.05) is 80.1 Å². The SMILES string of the molecule is CCCCNC(=O)[C@@H](Cc1ccccc1)N(Cc1ccc(F)cc1)C(=O)CN(c1cccc(OC)c1)S(=O)(=O)c1ccccc1. The Labute approximate surface area is 264 Å². The number of nitrogens with zero attached hydrogens (tertiary/aromatic N) is 2. The fourth-order valence-corrected chi connectivity index (χ4v) is 6.29. The fourth-order valence-electron chi connectivity index (χ4n) is 4.86. The highest BCUT2D eigenvalue weighted by atomic mass is 32.2. The first-order valence-corrected chi connectivity index (χ1v) is 16.2. The van der Waals surface area contributed by atoms with Crippen LogP contribution in [0.3, 0.4) is 0 Å². The van der Waals surface area contributed by atoms with E-state index in [0.717, 1.165) is 22.7 Å². The molecule has 0 saturated heterocycles. The van der Waals surface area contributed by atoms with Gasteiger partial charge in [-0.05, 0) is 53.9 Å². The van der Waals surface area contributed by atoms with Gasteiger partial charge in [0.05, 0.1) is 17.7 Å². The first kappa shape index (κ1) is 33.2. The number of hydrogen-bond acceptors (Lipinski definition) is 5. The van der Waals surface area contributed by atoms with Crippen LogP contribution in [0.15, 0.2) is 114 Å². The Balaban J connectivity index is 1.79. The Hall–Kier alpha value is -4.70. The third-order valence-electron chi connectivity index (χ3n) is 7.32. The van der Waals surface area contributed by atoms with E-state index in [1.54, 1.807) is 48.5 Å². The average Bonchev–Trinajstić information content (AvgIpc) is 3.06. The molecule has 0 aromatic heterocycles. The summed E-state index contributed by atoms with van der Waals surface area (Å²) >= 11 is 0. The molecule has 0 heterocycles. The molecule has 4 rings (SSSR count). The normalized spacial score (nSPS) is 11.8. The van der Waals surface area contributed by atoms with E-state index in [4.69, 9.17) is 4.74 Å². The quantitative estimate of drug-likeness (QED) is 0.173. The van der Waals surface area contributed by atoms with Gasteiger partial charge in [-0.3, -0.25) is 13.9 Å². The van der Waals surface area contributed by atoms with E-state index >= 15 is 0 Å². The van der Waals surface area contributed by atoms with Crippen LogP contribution in [0.2, 0.25) is 0 Å². The highest BCUT2D eigenvalue weighted by molar-refractivity contribution is 7.92. The minimum atomic E-state index is -4.23. The topological polar surface area (TPSA) is 96.0 Å². The second-order valence-corrected chi connectivity index (χ2v) is 12.4. The summed E-state index contributed by atoms with van der Waals surface area (Å²) in [6.45, 7) is 1.80. The minimum Gasteiger partial charge on any atom is -0.497 e. The van der Waals surface area contributed by atoms with Gasteiger partial charge in [0.2, 0.25) is 11.8 Å². The van der Waals surface area contributed by atoms with Crippen molar-refractivity contribution in [3.8, 4) is 5.75 Å². The monoisotopic (exact) mass is 631 g/mol. The lowest BCUT2D eigenvalue weighted by Crippen LogP contribution is -2.53. The van der Waals surface area contributed by atoms with Crippen molar-refractivity contribution in [1.82, 2.24) is 10.2 Å². The summed E-state index contributed by atoms with van der Waals surface area (Å²) in [5.41, 5.74) is 1.63. The molecule has 0 fully saturated rings. The maximum Gasteiger partial charge on any atom is 0.264 e. The summed E-state index contributed by atoms with van der Waals surface area (Å²) in [5, 5.41) is 2.95. The Kier molecular flexibility index (Phi) is 11.7. The summed E-state index contributed by atoms with van der Waals surface area (Å²) in [6, 6.07) is 28.3. The Bertz CT molecular complexity index is 1650. The van der Waals surface area contributed by atoms with Crippen LogP contribution >= 0.6 is 0 Å². The van der Waals surface area contributed by atoms with Crippen LogP contribution in [-0.2, 0) is 32.6 Å². The number of unbranched alkanes of at least 4 members (excludes halogenated alkanes) is 1. The number of anilines is 1. The average molecular weight is 632 g/mol. The number of nitrogens with one attached hydrogen (secondary N) is 1. The molecule has 0 aliphatic rings. The van der Waals surface area contributed by atoms with Gasteiger partial charge in [0, 0.05) is 25.6 Å². The van der Waals surface area contributed by atoms with Crippen molar-refractivity contribution in [3.63, 3.8) is 0 Å². The number of amides is 2. The largest absolute Gasteiger partial charge is 0.497 e. The van der Waals surface area contributed by atoms with Crippen molar-refractivity contribution in [3.05, 3.63) is 126 Å². The third kappa shape index (κ3) is 8.92. The molecule has 2 amide bonds. The summed E-state index contributed by atoms with van der Waals surface area (Å²) in [4.78, 5) is 29.6. The molecule has 0 saturated carbocycles. The number of halogens is 1. The van der Waals surface area contributed by atoms with Crippen molar-refractivity contribution in [2.45, 2.75) is 43.7 Å². The molecular formula is C35H38FN3O5S. The zero-order valence-electron chi connectivity index (χ0n) is 25.4. The van der Waals surface area contributed by atoms with Crippen molar-refractivity contribution >= 4 is 27.5 Å². The zero-order chi connectivity index (χ0) is 32.2. The van der Waals surface area contributed by atoms with Gasteiger partial charge in [-0.15, -0.1) is 0 Å². The van der Waals surface area contributed by atoms with Crippen molar-refractivity contribution in [2.75, 3.05) is 24.5 Å². The van der Waals surface area contributed by atoms with E-state index in [1.165, 1.54) is 42.3 Å². The van der Waals surface area contributed by atoms with Crippen molar-refractivity contribution < 1.29 is 27.1 Å². The van der Waals surface area contributed by atoms with Gasteiger partial charge < -0.3 is 15.0 Å². The molecule has 0 bridgehead atoms. The molecule has 1 atom stereocenters. The Morgan fingerprint density at radius 1 is 0.867 bits per heavy atom. The van der Waals surface area contributed by atoms with Crippen molar-refractivity contribution in [2.24, 2.45) is 0 Å². The van der Waals surface area contributed by atoms with Gasteiger partial charge in [-0.2, -0.15) is 0 Å². The lowest BCUT2D eigenvalue weighted by atomic mass is 10.0. The fraction of sp³-hybridized carbons (Fsp3) is 0.257. The molecule has 0 radical (unpaired) electrons. The molecule has 0 aliphatic carbocycles. The maximum absolute atomic E-state index is 14.4. The summed E-state index contributed by atoms with van der Waals surface area (Å²) in [6.07, 6.45) is 1.82. The molecule has 0 aliphatic heterocycles. The van der Waals surface area contributed by atoms with E-state index in [1.807, 2.05) is 37.3 Å². The van der Waals surface area contributed by atoms with Crippen LogP contribution in [0.1, 0.15) is 30.9 Å². The highest BCUT2D eigenvalue weighted by Gasteiger charge is 2.34. The number of methoxy groups -OCH3 is 1. The molecular weight excluding hydrogens is 593 g/mol. The third-order valence-corrected chi connectivity index (χ3v) is 9.11. The number of hydrogen-bond donors (Lipinski definition) is 1. The van der Waals surface area contributed by atoms with E-state index in [9.17, 15) is 22.4 Å². The number of ether oxygens (including phenoxy) is 1. The summed E-state index contributed by atoms with van der Waals surface area (Å²) in [5.74, 6) is -0.989. The molecule has 236 valence electrons. The van der Waals surface area contributed by atoms with E-state index < -0.39 is 34.3 Å². The van der Waals surface area contributed by atoms with Gasteiger partial charge in [-0.25, -0.2) is 12.8 Å². The lowest BCUT2D eigenvalue weighted by molar-refractivity contribution is -0.140. The minimum absolute atomic E-state index is 0.00356. The van der Waals surface area contributed by atoms with Gasteiger partial charge >= 0.3 is 0 Å². The van der Waals surface area contributed by atoms with Crippen molar-refractivity contribution in [1.29, 1.82) is 0 Å². The van der Waals surface area contributed by atoms with E-state index in [2.05, 4.69) is 5.32 Å². The lowest BCUT2D eigenvalue weighted by Gasteiger charge is -2.34. The first-order valence-electron chi connectivity index (χ1n) is 14.8. The molecule has 4 aromatic rings. The van der Waals surface area contributed by atoms with Gasteiger partial charge in [0.15, 0.2) is 0 Å². The van der Waals surface area contributed by atoms with E-state index in [-0.39, 0.29) is 29.5 Å². The number of rotatable bonds is 15. The predicted octanol–water partition coefficient (Wildman–Crippen LogP) is 5.59. The molecule has 45 heavy (non-hydrogen) atoms. The number of benzene rings is 4. The Morgan fingerprint density at radius 2 is 1.53 bits per heavy atom. The second-order valence-electron chi connectivity index (χ2n) is 10.5. The summed E-state index contributed by atoms with van der Waals surface area (Å²) in [7, 11) is -2.76. The van der Waals surface area contributed by atoms with Crippen LogP contribution in [0.5, 0.6) is 5.75 Å². The van der Waals surface area contributed by atoms with Gasteiger partial charge in [0.25, 0.3) is 10.0 Å². The smallest absolute Gasteiger partial charge is 0.264 e. The zero-order valence-corrected chi connectivity index (χ0v) is 26.3. The first-order chi connectivity index (χ1) is 21.7. The summed E-state index contributed by atoms with van der Waals surface area (Å²) < 4.78 is 48.3. The highest BCUT2D eigenvalue weighted by Crippen LogP contribution is 2.28. The second kappa shape index (κ2) is 15.9. The standard InChI is InChI=1S/C35H38FN3O5S/c1-3-4-22-37-35(41)33(23-27-12-7-5-8-13-27)38(25-28-18-20-29(36)21-19-28)34(40)26-39(30-14-11-15-31(24-30)44-2)45(42,43)32-16-9-6-10-17-32/h5-21,24,33H,3-4,22-23,25-26H2,1-2H3,(H,37,41)/t33-/m1/s1.